The van der Waals surface area contributed by atoms with E-state index < -0.39 is 0 Å². The van der Waals surface area contributed by atoms with Crippen molar-refractivity contribution in [2.24, 2.45) is 5.92 Å². The largest absolute Gasteiger partial charge is 0.457 e. The lowest BCUT2D eigenvalue weighted by Gasteiger charge is -2.26. The number of carbonyl (C=O) groups excluding carboxylic acids is 2. The van der Waals surface area contributed by atoms with Crippen LogP contribution in [0.25, 0.3) is 0 Å². The number of piperidine rings is 1. The van der Waals surface area contributed by atoms with Gasteiger partial charge in [0, 0.05) is 26.6 Å². The smallest absolute Gasteiger partial charge is 0.227 e. The van der Waals surface area contributed by atoms with Crippen LogP contribution in [0.3, 0.4) is 0 Å². The Morgan fingerprint density at radius 3 is 2.44 bits per heavy atom. The molecule has 0 bridgehead atoms. The molecular weight excluding hydrogens is 316 g/mol. The Kier molecular flexibility index (Phi) is 5.33. The molecule has 5 heteroatoms. The zero-order chi connectivity index (χ0) is 17.6. The molecule has 1 aliphatic rings. The summed E-state index contributed by atoms with van der Waals surface area (Å²) in [6.45, 7) is 0.973. The van der Waals surface area contributed by atoms with Crippen LogP contribution >= 0.6 is 0 Å². The highest BCUT2D eigenvalue weighted by molar-refractivity contribution is 5.83. The fourth-order valence-corrected chi connectivity index (χ4v) is 2.89. The molecule has 2 aromatic rings. The summed E-state index contributed by atoms with van der Waals surface area (Å²) in [4.78, 5) is 25.4. The Morgan fingerprint density at radius 1 is 1.12 bits per heavy atom. The minimum absolute atomic E-state index is 0.0284. The third-order valence-electron chi connectivity index (χ3n) is 4.31. The van der Waals surface area contributed by atoms with E-state index in [-0.39, 0.29) is 17.7 Å². The highest BCUT2D eigenvalue weighted by Crippen LogP contribution is 2.22. The van der Waals surface area contributed by atoms with Crippen molar-refractivity contribution in [3.8, 4) is 11.5 Å². The SMILES string of the molecule is CN(Cc1ccc(Oc2ccccc2)cc1)C(=O)[C@@H]1CCC(=O)NC1. The summed E-state index contributed by atoms with van der Waals surface area (Å²) in [7, 11) is 1.80. The van der Waals surface area contributed by atoms with Gasteiger partial charge in [-0.2, -0.15) is 0 Å². The van der Waals surface area contributed by atoms with Gasteiger partial charge in [-0.05, 0) is 36.2 Å². The monoisotopic (exact) mass is 338 g/mol. The number of rotatable bonds is 5. The van der Waals surface area contributed by atoms with Gasteiger partial charge in [-0.15, -0.1) is 0 Å². The van der Waals surface area contributed by atoms with Crippen LogP contribution < -0.4 is 10.1 Å². The number of nitrogens with one attached hydrogen (secondary N) is 1. The molecule has 0 unspecified atom stereocenters. The van der Waals surface area contributed by atoms with Crippen LogP contribution in [-0.4, -0.2) is 30.3 Å². The molecule has 0 aliphatic carbocycles. The summed E-state index contributed by atoms with van der Waals surface area (Å²) in [5.74, 6) is 1.54. The van der Waals surface area contributed by atoms with Crippen molar-refractivity contribution in [3.05, 3.63) is 60.2 Å². The first kappa shape index (κ1) is 17.0. The predicted octanol–water partition coefficient (Wildman–Crippen LogP) is 2.96. The highest BCUT2D eigenvalue weighted by atomic mass is 16.5. The summed E-state index contributed by atoms with van der Waals surface area (Å²) in [6.07, 6.45) is 1.05. The molecule has 2 aromatic carbocycles. The number of para-hydroxylation sites is 1. The first-order valence-corrected chi connectivity index (χ1v) is 8.45. The average Bonchev–Trinajstić information content (AvgIpc) is 2.64. The van der Waals surface area contributed by atoms with E-state index in [2.05, 4.69) is 5.32 Å². The maximum absolute atomic E-state index is 12.5. The van der Waals surface area contributed by atoms with Crippen LogP contribution in [0.5, 0.6) is 11.5 Å². The van der Waals surface area contributed by atoms with Gasteiger partial charge in [-0.1, -0.05) is 30.3 Å². The lowest BCUT2D eigenvalue weighted by molar-refractivity contribution is -0.136. The minimum Gasteiger partial charge on any atom is -0.457 e. The number of hydrogen-bond acceptors (Lipinski definition) is 3. The fraction of sp³-hybridized carbons (Fsp3) is 0.300. The van der Waals surface area contributed by atoms with Crippen molar-refractivity contribution >= 4 is 11.8 Å². The van der Waals surface area contributed by atoms with Crippen LogP contribution in [0.15, 0.2) is 54.6 Å². The number of benzene rings is 2. The van der Waals surface area contributed by atoms with Crippen LogP contribution in [0.2, 0.25) is 0 Å². The molecule has 1 saturated heterocycles. The zero-order valence-corrected chi connectivity index (χ0v) is 14.3. The molecule has 1 atom stereocenters. The predicted molar refractivity (Wildman–Crippen MR) is 95.2 cm³/mol. The van der Waals surface area contributed by atoms with E-state index in [9.17, 15) is 9.59 Å². The second-order valence-corrected chi connectivity index (χ2v) is 6.29. The molecule has 0 saturated carbocycles. The molecule has 1 fully saturated rings. The third kappa shape index (κ3) is 4.59. The van der Waals surface area contributed by atoms with Crippen LogP contribution in [0.4, 0.5) is 0 Å². The highest BCUT2D eigenvalue weighted by Gasteiger charge is 2.26. The molecule has 0 radical (unpaired) electrons. The summed E-state index contributed by atoms with van der Waals surface area (Å²) in [5, 5.41) is 2.76. The van der Waals surface area contributed by atoms with E-state index in [0.717, 1.165) is 17.1 Å². The molecule has 2 amide bonds. The van der Waals surface area contributed by atoms with Crippen molar-refractivity contribution < 1.29 is 14.3 Å². The van der Waals surface area contributed by atoms with E-state index in [1.165, 1.54) is 0 Å². The Morgan fingerprint density at radius 2 is 1.80 bits per heavy atom. The summed E-state index contributed by atoms with van der Waals surface area (Å²) >= 11 is 0. The number of nitrogens with zero attached hydrogens (tertiary/aromatic N) is 1. The van der Waals surface area contributed by atoms with Crippen molar-refractivity contribution in [3.63, 3.8) is 0 Å². The summed E-state index contributed by atoms with van der Waals surface area (Å²) in [6, 6.07) is 17.3. The van der Waals surface area contributed by atoms with Crippen molar-refractivity contribution in [1.29, 1.82) is 0 Å². The second-order valence-electron chi connectivity index (χ2n) is 6.29. The van der Waals surface area contributed by atoms with E-state index in [1.54, 1.807) is 11.9 Å². The summed E-state index contributed by atoms with van der Waals surface area (Å²) in [5.41, 5.74) is 1.04. The van der Waals surface area contributed by atoms with Gasteiger partial charge in [0.05, 0.1) is 5.92 Å². The van der Waals surface area contributed by atoms with Gasteiger partial charge in [-0.25, -0.2) is 0 Å². The number of amides is 2. The van der Waals surface area contributed by atoms with Crippen LogP contribution in [-0.2, 0) is 16.1 Å². The van der Waals surface area contributed by atoms with Gasteiger partial charge in [0.25, 0.3) is 0 Å². The molecule has 5 nitrogen and oxygen atoms in total. The second kappa shape index (κ2) is 7.83. The molecule has 1 aliphatic heterocycles. The maximum atomic E-state index is 12.5. The quantitative estimate of drug-likeness (QED) is 0.912. The molecule has 0 spiro atoms. The van der Waals surface area contributed by atoms with Crippen molar-refractivity contribution in [2.45, 2.75) is 19.4 Å². The van der Waals surface area contributed by atoms with Gasteiger partial charge < -0.3 is 15.0 Å². The summed E-state index contributed by atoms with van der Waals surface area (Å²) < 4.78 is 5.77. The molecule has 130 valence electrons. The lowest BCUT2D eigenvalue weighted by Crippen LogP contribution is -2.43. The molecule has 1 heterocycles. The Bertz CT molecular complexity index is 718. The van der Waals surface area contributed by atoms with E-state index in [0.29, 0.717) is 25.9 Å². The topological polar surface area (TPSA) is 58.6 Å². The molecule has 25 heavy (non-hydrogen) atoms. The lowest BCUT2D eigenvalue weighted by atomic mass is 9.97. The Balaban J connectivity index is 1.55. The zero-order valence-electron chi connectivity index (χ0n) is 14.3. The Hall–Kier alpha value is -2.82. The molecule has 1 N–H and O–H groups in total. The van der Waals surface area contributed by atoms with Crippen molar-refractivity contribution in [2.75, 3.05) is 13.6 Å². The molecule has 3 rings (SSSR count). The van der Waals surface area contributed by atoms with E-state index in [1.807, 2.05) is 54.6 Å². The minimum atomic E-state index is -0.122. The number of ether oxygens (including phenoxy) is 1. The van der Waals surface area contributed by atoms with Crippen LogP contribution in [0.1, 0.15) is 18.4 Å². The fourth-order valence-electron chi connectivity index (χ4n) is 2.89. The molecular formula is C20H22N2O3. The average molecular weight is 338 g/mol. The van der Waals surface area contributed by atoms with Gasteiger partial charge in [0.15, 0.2) is 0 Å². The van der Waals surface area contributed by atoms with Crippen molar-refractivity contribution in [1.82, 2.24) is 10.2 Å². The first-order valence-electron chi connectivity index (χ1n) is 8.45. The van der Waals surface area contributed by atoms with Crippen LogP contribution in [0, 0.1) is 5.92 Å². The van der Waals surface area contributed by atoms with E-state index >= 15 is 0 Å². The van der Waals surface area contributed by atoms with Gasteiger partial charge in [0.2, 0.25) is 11.8 Å². The number of hydrogen-bond donors (Lipinski definition) is 1. The van der Waals surface area contributed by atoms with E-state index in [4.69, 9.17) is 4.74 Å². The third-order valence-corrected chi connectivity index (χ3v) is 4.31. The Labute approximate surface area is 147 Å². The normalized spacial score (nSPS) is 16.8. The molecule has 0 aromatic heterocycles. The van der Waals surface area contributed by atoms with Gasteiger partial charge in [0.1, 0.15) is 11.5 Å². The number of carbonyl (C=O) groups is 2. The van der Waals surface area contributed by atoms with Gasteiger partial charge in [-0.3, -0.25) is 9.59 Å². The first-order chi connectivity index (χ1) is 12.1. The maximum Gasteiger partial charge on any atom is 0.227 e. The standard InChI is InChI=1S/C20H22N2O3/c1-22(20(24)16-9-12-19(23)21-13-16)14-15-7-10-18(11-8-15)25-17-5-3-2-4-6-17/h2-8,10-11,16H,9,12-14H2,1H3,(H,21,23)/t16-/m1/s1. The van der Waals surface area contributed by atoms with Gasteiger partial charge >= 0.3 is 0 Å².